The van der Waals surface area contributed by atoms with Crippen LogP contribution in [0.1, 0.15) is 5.56 Å². The topological polar surface area (TPSA) is 65.4 Å². The van der Waals surface area contributed by atoms with Crippen molar-refractivity contribution in [2.24, 2.45) is 0 Å². The first-order chi connectivity index (χ1) is 8.40. The fraction of sp³-hybridized carbons (Fsp3) is 0. The molecule has 0 unspecified atom stereocenters. The summed E-state index contributed by atoms with van der Waals surface area (Å²) in [4.78, 5) is 11.4. The second-order valence-corrected chi connectivity index (χ2v) is 3.63. The van der Waals surface area contributed by atoms with E-state index in [0.717, 1.165) is 22.2 Å². The van der Waals surface area contributed by atoms with Gasteiger partial charge in [0.15, 0.2) is 0 Å². The summed E-state index contributed by atoms with van der Waals surface area (Å²) in [7, 11) is 0. The van der Waals surface area contributed by atoms with Crippen molar-refractivity contribution in [3.63, 3.8) is 0 Å². The minimum absolute atomic E-state index is 0.637. The largest absolute Gasteiger partial charge is 0.359 e. The van der Waals surface area contributed by atoms with E-state index in [0.29, 0.717) is 5.56 Å². The summed E-state index contributed by atoms with van der Waals surface area (Å²) in [5.41, 5.74) is 3.24. The molecule has 0 atom stereocenters. The number of aromatic amines is 1. The second kappa shape index (κ2) is 3.72. The van der Waals surface area contributed by atoms with Gasteiger partial charge in [-0.1, -0.05) is 12.1 Å². The van der Waals surface area contributed by atoms with Crippen molar-refractivity contribution in [2.75, 3.05) is 0 Å². The molecular weight excluding hydrogens is 212 g/mol. The summed E-state index contributed by atoms with van der Waals surface area (Å²) in [5, 5.41) is 10.0. The predicted octanol–water partition coefficient (Wildman–Crippen LogP) is 2.50. The van der Waals surface area contributed by atoms with Gasteiger partial charge in [0.25, 0.3) is 0 Å². The van der Waals surface area contributed by atoms with Gasteiger partial charge >= 0.3 is 0 Å². The molecule has 2 heterocycles. The summed E-state index contributed by atoms with van der Waals surface area (Å²) in [6.07, 6.45) is 6.86. The highest BCUT2D eigenvalue weighted by Crippen LogP contribution is 2.28. The van der Waals surface area contributed by atoms with Crippen LogP contribution in [-0.4, -0.2) is 15.0 Å². The average molecular weight is 220 g/mol. The van der Waals surface area contributed by atoms with Crippen LogP contribution in [0.3, 0.4) is 0 Å². The predicted molar refractivity (Wildman–Crippen MR) is 64.0 cm³/mol. The number of nitriles is 1. The summed E-state index contributed by atoms with van der Waals surface area (Å²) >= 11 is 0. The maximum Gasteiger partial charge on any atom is 0.101 e. The lowest BCUT2D eigenvalue weighted by Crippen LogP contribution is -1.82. The van der Waals surface area contributed by atoms with E-state index in [1.54, 1.807) is 24.7 Å². The molecule has 4 nitrogen and oxygen atoms in total. The van der Waals surface area contributed by atoms with E-state index in [-0.39, 0.29) is 0 Å². The smallest absolute Gasteiger partial charge is 0.101 e. The number of nitrogens with one attached hydrogen (secondary N) is 1. The molecule has 4 heteroatoms. The normalized spacial score (nSPS) is 10.3. The van der Waals surface area contributed by atoms with Crippen molar-refractivity contribution in [3.8, 4) is 17.3 Å². The first-order valence-corrected chi connectivity index (χ1v) is 5.17. The number of hydrogen-bond acceptors (Lipinski definition) is 3. The Hall–Kier alpha value is -2.67. The van der Waals surface area contributed by atoms with E-state index in [2.05, 4.69) is 21.0 Å². The van der Waals surface area contributed by atoms with Crippen LogP contribution in [0, 0.1) is 11.3 Å². The monoisotopic (exact) mass is 220 g/mol. The highest BCUT2D eigenvalue weighted by atomic mass is 14.8. The van der Waals surface area contributed by atoms with Crippen molar-refractivity contribution >= 4 is 10.9 Å². The van der Waals surface area contributed by atoms with Gasteiger partial charge < -0.3 is 4.98 Å². The van der Waals surface area contributed by atoms with Gasteiger partial charge in [-0.3, -0.25) is 9.97 Å². The van der Waals surface area contributed by atoms with Crippen LogP contribution in [0.2, 0.25) is 0 Å². The number of nitrogens with zero attached hydrogens (tertiary/aromatic N) is 3. The molecule has 0 aliphatic rings. The van der Waals surface area contributed by atoms with Crippen molar-refractivity contribution in [1.29, 1.82) is 5.26 Å². The Morgan fingerprint density at radius 2 is 2.18 bits per heavy atom. The third-order valence-corrected chi connectivity index (χ3v) is 2.68. The van der Waals surface area contributed by atoms with E-state index in [9.17, 15) is 0 Å². The summed E-state index contributed by atoms with van der Waals surface area (Å²) in [5.74, 6) is 0. The van der Waals surface area contributed by atoms with E-state index in [1.807, 2.05) is 18.3 Å². The van der Waals surface area contributed by atoms with Crippen LogP contribution in [0.5, 0.6) is 0 Å². The molecule has 1 aromatic carbocycles. The van der Waals surface area contributed by atoms with E-state index in [1.165, 1.54) is 0 Å². The van der Waals surface area contributed by atoms with E-state index >= 15 is 0 Å². The molecule has 3 rings (SSSR count). The van der Waals surface area contributed by atoms with Gasteiger partial charge in [-0.05, 0) is 6.07 Å². The fourth-order valence-corrected chi connectivity index (χ4v) is 1.90. The number of rotatable bonds is 1. The van der Waals surface area contributed by atoms with Crippen LogP contribution in [0.15, 0.2) is 43.0 Å². The molecular formula is C13H8N4. The maximum atomic E-state index is 9.02. The Balaban J connectivity index is 2.31. The van der Waals surface area contributed by atoms with Crippen molar-refractivity contribution in [1.82, 2.24) is 15.0 Å². The zero-order valence-electron chi connectivity index (χ0n) is 8.88. The van der Waals surface area contributed by atoms with Crippen molar-refractivity contribution in [2.45, 2.75) is 0 Å². The van der Waals surface area contributed by atoms with Crippen molar-refractivity contribution < 1.29 is 0 Å². The SMILES string of the molecule is N#Cc1cccc2c(-c3cnccn3)c[nH]c12. The van der Waals surface area contributed by atoms with Crippen LogP contribution >= 0.6 is 0 Å². The number of H-pyrrole nitrogens is 1. The second-order valence-electron chi connectivity index (χ2n) is 3.63. The summed E-state index contributed by atoms with van der Waals surface area (Å²) in [6, 6.07) is 7.80. The molecule has 0 fully saturated rings. The molecule has 0 aliphatic carbocycles. The van der Waals surface area contributed by atoms with Crippen LogP contribution in [0.4, 0.5) is 0 Å². The van der Waals surface area contributed by atoms with E-state index < -0.39 is 0 Å². The quantitative estimate of drug-likeness (QED) is 0.685. The van der Waals surface area contributed by atoms with Gasteiger partial charge in [-0.2, -0.15) is 5.26 Å². The number of aromatic nitrogens is 3. The lowest BCUT2D eigenvalue weighted by molar-refractivity contribution is 1.21. The molecule has 0 saturated heterocycles. The number of hydrogen-bond donors (Lipinski definition) is 1. The molecule has 0 bridgehead atoms. The number of benzene rings is 1. The zero-order chi connectivity index (χ0) is 11.7. The molecule has 80 valence electrons. The molecule has 1 N–H and O–H groups in total. The zero-order valence-corrected chi connectivity index (χ0v) is 8.88. The molecule has 0 radical (unpaired) electrons. The molecule has 0 saturated carbocycles. The van der Waals surface area contributed by atoms with Gasteiger partial charge in [0.1, 0.15) is 6.07 Å². The molecule has 0 spiro atoms. The Morgan fingerprint density at radius 3 is 2.94 bits per heavy atom. The number of fused-ring (bicyclic) bond motifs is 1. The summed E-state index contributed by atoms with van der Waals surface area (Å²) < 4.78 is 0. The lowest BCUT2D eigenvalue weighted by atomic mass is 10.1. The van der Waals surface area contributed by atoms with Gasteiger partial charge in [-0.15, -0.1) is 0 Å². The molecule has 17 heavy (non-hydrogen) atoms. The molecule has 0 aliphatic heterocycles. The van der Waals surface area contributed by atoms with Gasteiger partial charge in [-0.25, -0.2) is 0 Å². The van der Waals surface area contributed by atoms with Gasteiger partial charge in [0.2, 0.25) is 0 Å². The Bertz CT molecular complexity index is 707. The standard InChI is InChI=1S/C13H8N4/c14-6-9-2-1-3-10-11(7-17-13(9)10)12-8-15-4-5-16-12/h1-5,7-8,17H. The van der Waals surface area contributed by atoms with Crippen LogP contribution in [0.25, 0.3) is 22.2 Å². The number of para-hydroxylation sites is 1. The van der Waals surface area contributed by atoms with Crippen molar-refractivity contribution in [3.05, 3.63) is 48.5 Å². The highest BCUT2D eigenvalue weighted by Gasteiger charge is 2.09. The first-order valence-electron chi connectivity index (χ1n) is 5.17. The third kappa shape index (κ3) is 1.45. The average Bonchev–Trinajstić information content (AvgIpc) is 2.83. The first kappa shape index (κ1) is 9.55. The minimum Gasteiger partial charge on any atom is -0.359 e. The Morgan fingerprint density at radius 1 is 1.24 bits per heavy atom. The van der Waals surface area contributed by atoms with Gasteiger partial charge in [0, 0.05) is 29.5 Å². The van der Waals surface area contributed by atoms with Gasteiger partial charge in [0.05, 0.1) is 23.0 Å². The lowest BCUT2D eigenvalue weighted by Gasteiger charge is -1.97. The van der Waals surface area contributed by atoms with Crippen LogP contribution in [-0.2, 0) is 0 Å². The summed E-state index contributed by atoms with van der Waals surface area (Å²) in [6.45, 7) is 0. The maximum absolute atomic E-state index is 9.02. The minimum atomic E-state index is 0.637. The fourth-order valence-electron chi connectivity index (χ4n) is 1.90. The van der Waals surface area contributed by atoms with Crippen LogP contribution < -0.4 is 0 Å². The Labute approximate surface area is 97.6 Å². The molecule has 3 aromatic rings. The highest BCUT2D eigenvalue weighted by molar-refractivity contribution is 5.97. The molecule has 0 amide bonds. The third-order valence-electron chi connectivity index (χ3n) is 2.68. The molecule has 2 aromatic heterocycles. The van der Waals surface area contributed by atoms with E-state index in [4.69, 9.17) is 5.26 Å². The Kier molecular flexibility index (Phi) is 2.09.